The molecule has 0 atom stereocenters. The first-order valence-electron chi connectivity index (χ1n) is 9.23. The molecule has 1 saturated heterocycles. The van der Waals surface area contributed by atoms with E-state index in [-0.39, 0.29) is 18.5 Å². The van der Waals surface area contributed by atoms with Gasteiger partial charge in [0, 0.05) is 19.1 Å². The molecule has 1 N–H and O–H groups in total. The van der Waals surface area contributed by atoms with E-state index in [1.807, 2.05) is 53.2 Å². The van der Waals surface area contributed by atoms with E-state index < -0.39 is 5.97 Å². The predicted molar refractivity (Wildman–Crippen MR) is 104 cm³/mol. The molecule has 2 aromatic carbocycles. The number of aliphatic carboxylic acids is 1. The van der Waals surface area contributed by atoms with E-state index in [1.54, 1.807) is 7.11 Å². The molecule has 1 fully saturated rings. The minimum Gasteiger partial charge on any atom is -0.497 e. The zero-order valence-corrected chi connectivity index (χ0v) is 15.9. The van der Waals surface area contributed by atoms with Crippen molar-refractivity contribution in [3.63, 3.8) is 0 Å². The Morgan fingerprint density at radius 1 is 1.22 bits per heavy atom. The lowest BCUT2D eigenvalue weighted by molar-refractivity contribution is -0.139. The SMILES string of the molecule is COc1ccc2cccc(CC(=O)N3CCC(N(C)CC(=O)O)CC3)c2c1. The number of hydrogen-bond acceptors (Lipinski definition) is 4. The van der Waals surface area contributed by atoms with Gasteiger partial charge in [-0.15, -0.1) is 0 Å². The molecule has 0 aliphatic carbocycles. The molecule has 1 aliphatic heterocycles. The van der Waals surface area contributed by atoms with Crippen LogP contribution in [0.3, 0.4) is 0 Å². The third-order valence-electron chi connectivity index (χ3n) is 5.35. The first-order valence-corrected chi connectivity index (χ1v) is 9.23. The topological polar surface area (TPSA) is 70.1 Å². The van der Waals surface area contributed by atoms with Crippen molar-refractivity contribution in [2.24, 2.45) is 0 Å². The minimum atomic E-state index is -0.817. The van der Waals surface area contributed by atoms with Crippen LogP contribution in [0.25, 0.3) is 10.8 Å². The number of likely N-dealkylation sites (tertiary alicyclic amines) is 1. The molecule has 2 aromatic rings. The van der Waals surface area contributed by atoms with Crippen LogP contribution in [0.1, 0.15) is 18.4 Å². The molecular weight excluding hydrogens is 344 g/mol. The molecule has 27 heavy (non-hydrogen) atoms. The lowest BCUT2D eigenvalue weighted by Crippen LogP contribution is -2.47. The van der Waals surface area contributed by atoms with E-state index in [0.717, 1.165) is 34.9 Å². The molecule has 0 aromatic heterocycles. The molecule has 1 aliphatic rings. The summed E-state index contributed by atoms with van der Waals surface area (Å²) in [5.74, 6) is 0.0803. The van der Waals surface area contributed by atoms with Crippen LogP contribution in [-0.2, 0) is 16.0 Å². The van der Waals surface area contributed by atoms with Gasteiger partial charge in [-0.05, 0) is 48.4 Å². The van der Waals surface area contributed by atoms with Crippen molar-refractivity contribution in [1.82, 2.24) is 9.80 Å². The number of carbonyl (C=O) groups excluding carboxylic acids is 1. The summed E-state index contributed by atoms with van der Waals surface area (Å²) < 4.78 is 5.32. The van der Waals surface area contributed by atoms with Crippen LogP contribution in [0, 0.1) is 0 Å². The third-order valence-corrected chi connectivity index (χ3v) is 5.35. The number of hydrogen-bond donors (Lipinski definition) is 1. The number of piperidine rings is 1. The van der Waals surface area contributed by atoms with Crippen LogP contribution < -0.4 is 4.74 Å². The molecule has 1 amide bonds. The smallest absolute Gasteiger partial charge is 0.317 e. The van der Waals surface area contributed by atoms with E-state index in [9.17, 15) is 9.59 Å². The molecule has 3 rings (SSSR count). The average Bonchev–Trinajstić information content (AvgIpc) is 2.67. The molecule has 6 heteroatoms. The Bertz CT molecular complexity index is 828. The molecule has 6 nitrogen and oxygen atoms in total. The summed E-state index contributed by atoms with van der Waals surface area (Å²) >= 11 is 0. The monoisotopic (exact) mass is 370 g/mol. The van der Waals surface area contributed by atoms with Crippen molar-refractivity contribution >= 4 is 22.6 Å². The van der Waals surface area contributed by atoms with Crippen molar-refractivity contribution in [2.45, 2.75) is 25.3 Å². The highest BCUT2D eigenvalue weighted by Crippen LogP contribution is 2.25. The van der Waals surface area contributed by atoms with Gasteiger partial charge >= 0.3 is 5.97 Å². The van der Waals surface area contributed by atoms with Gasteiger partial charge in [0.25, 0.3) is 0 Å². The van der Waals surface area contributed by atoms with E-state index in [1.165, 1.54) is 0 Å². The highest BCUT2D eigenvalue weighted by molar-refractivity contribution is 5.91. The Morgan fingerprint density at radius 2 is 1.96 bits per heavy atom. The number of fused-ring (bicyclic) bond motifs is 1. The van der Waals surface area contributed by atoms with Crippen molar-refractivity contribution in [3.8, 4) is 5.75 Å². The maximum Gasteiger partial charge on any atom is 0.317 e. The van der Waals surface area contributed by atoms with Crippen molar-refractivity contribution in [2.75, 3.05) is 33.8 Å². The number of amides is 1. The summed E-state index contributed by atoms with van der Waals surface area (Å²) in [4.78, 5) is 27.4. The van der Waals surface area contributed by atoms with Crippen molar-refractivity contribution < 1.29 is 19.4 Å². The van der Waals surface area contributed by atoms with Crippen LogP contribution in [-0.4, -0.2) is 66.6 Å². The van der Waals surface area contributed by atoms with Crippen LogP contribution in [0.15, 0.2) is 36.4 Å². The summed E-state index contributed by atoms with van der Waals surface area (Å²) in [6, 6.07) is 12.1. The highest BCUT2D eigenvalue weighted by Gasteiger charge is 2.26. The van der Waals surface area contributed by atoms with E-state index >= 15 is 0 Å². The zero-order valence-electron chi connectivity index (χ0n) is 15.9. The molecule has 0 unspecified atom stereocenters. The molecule has 144 valence electrons. The minimum absolute atomic E-state index is 0.0381. The molecule has 0 spiro atoms. The number of ether oxygens (including phenoxy) is 1. The van der Waals surface area contributed by atoms with Crippen molar-refractivity contribution in [3.05, 3.63) is 42.0 Å². The molecule has 0 bridgehead atoms. The van der Waals surface area contributed by atoms with Gasteiger partial charge in [0.05, 0.1) is 20.1 Å². The maximum atomic E-state index is 12.8. The second kappa shape index (κ2) is 8.39. The Kier molecular flexibility index (Phi) is 5.96. The molecule has 1 heterocycles. The van der Waals surface area contributed by atoms with Crippen LogP contribution in [0.5, 0.6) is 5.75 Å². The quantitative estimate of drug-likeness (QED) is 0.846. The summed E-state index contributed by atoms with van der Waals surface area (Å²) in [6.45, 7) is 1.37. The number of rotatable bonds is 6. The summed E-state index contributed by atoms with van der Waals surface area (Å²) in [5.41, 5.74) is 1.00. The normalized spacial score (nSPS) is 15.3. The second-order valence-corrected chi connectivity index (χ2v) is 7.10. The Labute approximate surface area is 159 Å². The van der Waals surface area contributed by atoms with Gasteiger partial charge < -0.3 is 14.7 Å². The largest absolute Gasteiger partial charge is 0.497 e. The number of methoxy groups -OCH3 is 1. The number of carboxylic acid groups (broad SMARTS) is 1. The van der Waals surface area contributed by atoms with Gasteiger partial charge in [-0.1, -0.05) is 24.3 Å². The van der Waals surface area contributed by atoms with Gasteiger partial charge in [-0.25, -0.2) is 0 Å². The van der Waals surface area contributed by atoms with E-state index in [2.05, 4.69) is 0 Å². The van der Waals surface area contributed by atoms with Gasteiger partial charge in [0.1, 0.15) is 5.75 Å². The van der Waals surface area contributed by atoms with Crippen LogP contribution in [0.2, 0.25) is 0 Å². The van der Waals surface area contributed by atoms with E-state index in [4.69, 9.17) is 9.84 Å². The maximum absolute atomic E-state index is 12.8. The lowest BCUT2D eigenvalue weighted by Gasteiger charge is -2.36. The average molecular weight is 370 g/mol. The van der Waals surface area contributed by atoms with Gasteiger partial charge in [0.15, 0.2) is 0 Å². The number of carbonyl (C=O) groups is 2. The van der Waals surface area contributed by atoms with Gasteiger partial charge in [0.2, 0.25) is 5.91 Å². The molecule has 0 radical (unpaired) electrons. The Balaban J connectivity index is 1.65. The zero-order chi connectivity index (χ0) is 19.4. The lowest BCUT2D eigenvalue weighted by atomic mass is 9.99. The van der Waals surface area contributed by atoms with E-state index in [0.29, 0.717) is 19.5 Å². The molecular formula is C21H26N2O4. The standard InChI is InChI=1S/C21H26N2O4/c1-22(14-21(25)26)17-8-10-23(11-9-17)20(24)12-16-5-3-4-15-6-7-18(27-2)13-19(15)16/h3-7,13,17H,8-12,14H2,1-2H3,(H,25,26). The van der Waals surface area contributed by atoms with Crippen LogP contribution >= 0.6 is 0 Å². The second-order valence-electron chi connectivity index (χ2n) is 7.10. The fraction of sp³-hybridized carbons (Fsp3) is 0.429. The number of carboxylic acids is 1. The summed E-state index contributed by atoms with van der Waals surface area (Å²) in [7, 11) is 3.47. The number of likely N-dealkylation sites (N-methyl/N-ethyl adjacent to an activating group) is 1. The first-order chi connectivity index (χ1) is 13.0. The fourth-order valence-corrected chi connectivity index (χ4v) is 3.77. The molecule has 0 saturated carbocycles. The van der Waals surface area contributed by atoms with Crippen molar-refractivity contribution in [1.29, 1.82) is 0 Å². The highest BCUT2D eigenvalue weighted by atomic mass is 16.5. The Hall–Kier alpha value is -2.60. The predicted octanol–water partition coefficient (Wildman–Crippen LogP) is 2.40. The van der Waals surface area contributed by atoms with Gasteiger partial charge in [-0.3, -0.25) is 14.5 Å². The number of benzene rings is 2. The van der Waals surface area contributed by atoms with Crippen LogP contribution in [0.4, 0.5) is 0 Å². The first kappa shape index (κ1) is 19.2. The Morgan fingerprint density at radius 3 is 2.63 bits per heavy atom. The fourth-order valence-electron chi connectivity index (χ4n) is 3.77. The third kappa shape index (κ3) is 4.57. The number of nitrogens with zero attached hydrogens (tertiary/aromatic N) is 2. The van der Waals surface area contributed by atoms with Gasteiger partial charge in [-0.2, -0.15) is 0 Å². The summed E-state index contributed by atoms with van der Waals surface area (Å²) in [5, 5.41) is 11.1. The summed E-state index contributed by atoms with van der Waals surface area (Å²) in [6.07, 6.45) is 1.97.